The third-order valence-electron chi connectivity index (χ3n) is 4.41. The Balaban J connectivity index is 0.00000280. The van der Waals surface area contributed by atoms with Crippen LogP contribution >= 0.6 is 35.5 Å². The zero-order chi connectivity index (χ0) is 19.6. The summed E-state index contributed by atoms with van der Waals surface area (Å²) in [4.78, 5) is 29.0. The lowest BCUT2D eigenvalue weighted by atomic mass is 10.0. The fraction of sp³-hybridized carbons (Fsp3) is 0.400. The maximum absolute atomic E-state index is 12.5. The highest BCUT2D eigenvalue weighted by molar-refractivity contribution is 7.99. The van der Waals surface area contributed by atoms with E-state index in [0.29, 0.717) is 15.8 Å². The highest BCUT2D eigenvalue weighted by Crippen LogP contribution is 2.36. The summed E-state index contributed by atoms with van der Waals surface area (Å²) < 4.78 is 0. The van der Waals surface area contributed by atoms with Gasteiger partial charge in [0, 0.05) is 28.1 Å². The minimum atomic E-state index is -0.470. The Kier molecular flexibility index (Phi) is 7.95. The summed E-state index contributed by atoms with van der Waals surface area (Å²) in [5, 5.41) is 4.02. The van der Waals surface area contributed by atoms with Crippen LogP contribution in [0.2, 0.25) is 0 Å². The zero-order valence-corrected chi connectivity index (χ0v) is 18.7. The molecule has 2 aromatic rings. The maximum atomic E-state index is 12.5. The van der Waals surface area contributed by atoms with Crippen LogP contribution < -0.4 is 11.1 Å². The first-order valence-electron chi connectivity index (χ1n) is 9.01. The van der Waals surface area contributed by atoms with Gasteiger partial charge in [-0.25, -0.2) is 0 Å². The van der Waals surface area contributed by atoms with Gasteiger partial charge in [0.2, 0.25) is 5.91 Å². The number of likely N-dealkylation sites (N-methyl/N-ethyl adjacent to an activating group) is 1. The van der Waals surface area contributed by atoms with Crippen LogP contribution in [-0.2, 0) is 24.2 Å². The number of thiophene rings is 1. The minimum Gasteiger partial charge on any atom is -0.365 e. The molecule has 1 aromatic heterocycles. The Hall–Kier alpha value is -1.54. The number of fused-ring (bicyclic) bond motifs is 1. The number of nitrogens with two attached hydrogens (primary N) is 1. The Bertz CT molecular complexity index is 850. The summed E-state index contributed by atoms with van der Waals surface area (Å²) in [6.07, 6.45) is 1.05. The monoisotopic (exact) mass is 439 g/mol. The second-order valence-corrected chi connectivity index (χ2v) is 9.85. The summed E-state index contributed by atoms with van der Waals surface area (Å²) in [7, 11) is 2.05. The fourth-order valence-corrected chi connectivity index (χ4v) is 5.38. The van der Waals surface area contributed by atoms with Crippen molar-refractivity contribution in [2.45, 2.75) is 43.4 Å². The van der Waals surface area contributed by atoms with E-state index in [-0.39, 0.29) is 24.7 Å². The van der Waals surface area contributed by atoms with E-state index >= 15 is 0 Å². The average molecular weight is 440 g/mol. The molecule has 1 aromatic carbocycles. The number of carbonyl (C=O) groups is 2. The van der Waals surface area contributed by atoms with Crippen molar-refractivity contribution in [2.75, 3.05) is 18.9 Å². The standard InChI is InChI=1S/C20H25N3O2S2.ClH/c1-12(2)26-14-6-4-13(5-7-14)10-17(24)22-20-18(19(21)25)15-8-9-23(3)11-16(15)27-20;/h4-7,12H,8-11H2,1-3H3,(H2,21,25)(H,22,24);1H. The van der Waals surface area contributed by atoms with Crippen LogP contribution in [-0.4, -0.2) is 35.6 Å². The predicted octanol–water partition coefficient (Wildman–Crippen LogP) is 3.94. The molecule has 8 heteroatoms. The van der Waals surface area contributed by atoms with Gasteiger partial charge in [0.15, 0.2) is 0 Å². The lowest BCUT2D eigenvalue weighted by Gasteiger charge is -2.22. The van der Waals surface area contributed by atoms with E-state index in [1.165, 1.54) is 16.2 Å². The van der Waals surface area contributed by atoms with Crippen LogP contribution in [0, 0.1) is 0 Å². The molecule has 2 heterocycles. The molecule has 0 saturated carbocycles. The first-order valence-corrected chi connectivity index (χ1v) is 10.7. The van der Waals surface area contributed by atoms with Gasteiger partial charge in [-0.2, -0.15) is 0 Å². The van der Waals surface area contributed by atoms with Gasteiger partial charge in [0.1, 0.15) is 5.00 Å². The number of primary amides is 1. The summed E-state index contributed by atoms with van der Waals surface area (Å²) in [6.45, 7) is 5.98. The molecule has 2 amide bonds. The van der Waals surface area contributed by atoms with E-state index < -0.39 is 5.91 Å². The molecule has 3 N–H and O–H groups in total. The number of rotatable bonds is 6. The lowest BCUT2D eigenvalue weighted by molar-refractivity contribution is -0.115. The van der Waals surface area contributed by atoms with Crippen LogP contribution in [0.5, 0.6) is 0 Å². The third-order valence-corrected chi connectivity index (χ3v) is 6.55. The number of halogens is 1. The predicted molar refractivity (Wildman–Crippen MR) is 120 cm³/mol. The molecule has 1 aliphatic heterocycles. The van der Waals surface area contributed by atoms with E-state index in [0.717, 1.165) is 35.5 Å². The van der Waals surface area contributed by atoms with Crippen molar-refractivity contribution in [3.63, 3.8) is 0 Å². The van der Waals surface area contributed by atoms with E-state index in [4.69, 9.17) is 5.73 Å². The third kappa shape index (κ3) is 5.50. The second kappa shape index (κ2) is 9.78. The first kappa shape index (κ1) is 22.7. The van der Waals surface area contributed by atoms with Crippen molar-refractivity contribution in [3.05, 3.63) is 45.8 Å². The maximum Gasteiger partial charge on any atom is 0.251 e. The summed E-state index contributed by atoms with van der Waals surface area (Å²) in [6, 6.07) is 8.05. The van der Waals surface area contributed by atoms with Crippen LogP contribution in [0.1, 0.15) is 40.2 Å². The van der Waals surface area contributed by atoms with Crippen molar-refractivity contribution >= 4 is 52.3 Å². The molecular formula is C20H26ClN3O2S2. The van der Waals surface area contributed by atoms with E-state index in [9.17, 15) is 9.59 Å². The van der Waals surface area contributed by atoms with E-state index in [1.54, 1.807) is 11.8 Å². The molecule has 28 heavy (non-hydrogen) atoms. The highest BCUT2D eigenvalue weighted by atomic mass is 35.5. The van der Waals surface area contributed by atoms with Crippen LogP contribution in [0.25, 0.3) is 0 Å². The normalized spacial score (nSPS) is 13.7. The number of hydrogen-bond acceptors (Lipinski definition) is 5. The second-order valence-electron chi connectivity index (χ2n) is 7.10. The molecule has 0 fully saturated rings. The molecule has 0 radical (unpaired) electrons. The Morgan fingerprint density at radius 1 is 1.29 bits per heavy atom. The minimum absolute atomic E-state index is 0. The molecule has 152 valence electrons. The number of nitrogens with zero attached hydrogens (tertiary/aromatic N) is 1. The number of amides is 2. The van der Waals surface area contributed by atoms with Gasteiger partial charge in [-0.15, -0.1) is 35.5 Å². The molecule has 3 rings (SSSR count). The van der Waals surface area contributed by atoms with Crippen molar-refractivity contribution in [1.29, 1.82) is 0 Å². The van der Waals surface area contributed by atoms with E-state index in [2.05, 4.69) is 24.1 Å². The van der Waals surface area contributed by atoms with Gasteiger partial charge in [-0.3, -0.25) is 9.59 Å². The summed E-state index contributed by atoms with van der Waals surface area (Å²) in [5.74, 6) is -0.601. The van der Waals surface area contributed by atoms with Crippen molar-refractivity contribution in [1.82, 2.24) is 4.90 Å². The number of hydrogen-bond donors (Lipinski definition) is 2. The van der Waals surface area contributed by atoms with Crippen LogP contribution in [0.3, 0.4) is 0 Å². The molecule has 0 atom stereocenters. The number of benzene rings is 1. The first-order chi connectivity index (χ1) is 12.8. The number of carbonyl (C=O) groups excluding carboxylic acids is 2. The molecular weight excluding hydrogens is 414 g/mol. The molecule has 0 unspecified atom stereocenters. The van der Waals surface area contributed by atoms with Gasteiger partial charge in [0.05, 0.1) is 12.0 Å². The topological polar surface area (TPSA) is 75.4 Å². The lowest BCUT2D eigenvalue weighted by Crippen LogP contribution is -2.27. The SMILES string of the molecule is CC(C)Sc1ccc(CC(=O)Nc2sc3c(c2C(N)=O)CCN(C)C3)cc1.Cl. The molecule has 1 aliphatic rings. The molecule has 0 aliphatic carbocycles. The van der Waals surface area contributed by atoms with Crippen molar-refractivity contribution < 1.29 is 9.59 Å². The zero-order valence-electron chi connectivity index (χ0n) is 16.3. The molecule has 5 nitrogen and oxygen atoms in total. The number of anilines is 1. The molecule has 0 spiro atoms. The van der Waals surface area contributed by atoms with Crippen LogP contribution in [0.4, 0.5) is 5.00 Å². The average Bonchev–Trinajstić information content (AvgIpc) is 2.92. The number of thioether (sulfide) groups is 1. The van der Waals surface area contributed by atoms with Gasteiger partial charge in [0.25, 0.3) is 5.91 Å². The molecule has 0 saturated heterocycles. The largest absolute Gasteiger partial charge is 0.365 e. The Labute approximate surface area is 180 Å². The van der Waals surface area contributed by atoms with Gasteiger partial charge in [-0.1, -0.05) is 26.0 Å². The quantitative estimate of drug-likeness (QED) is 0.668. The molecule has 0 bridgehead atoms. The van der Waals surface area contributed by atoms with Gasteiger partial charge in [-0.05, 0) is 36.7 Å². The Morgan fingerprint density at radius 2 is 1.96 bits per heavy atom. The van der Waals surface area contributed by atoms with Gasteiger partial charge < -0.3 is 16.0 Å². The van der Waals surface area contributed by atoms with Gasteiger partial charge >= 0.3 is 0 Å². The highest BCUT2D eigenvalue weighted by Gasteiger charge is 2.26. The van der Waals surface area contributed by atoms with Crippen molar-refractivity contribution in [3.8, 4) is 0 Å². The summed E-state index contributed by atoms with van der Waals surface area (Å²) >= 11 is 3.26. The van der Waals surface area contributed by atoms with Crippen LogP contribution in [0.15, 0.2) is 29.2 Å². The number of nitrogens with one attached hydrogen (secondary N) is 1. The van der Waals surface area contributed by atoms with Crippen molar-refractivity contribution in [2.24, 2.45) is 5.73 Å². The Morgan fingerprint density at radius 3 is 2.57 bits per heavy atom. The summed E-state index contributed by atoms with van der Waals surface area (Å²) in [5.41, 5.74) is 8.03. The van der Waals surface area contributed by atoms with E-state index in [1.807, 2.05) is 31.3 Å². The fourth-order valence-electron chi connectivity index (χ4n) is 3.19. The smallest absolute Gasteiger partial charge is 0.251 e.